The van der Waals surface area contributed by atoms with Crippen molar-refractivity contribution in [3.05, 3.63) is 39.9 Å². The van der Waals surface area contributed by atoms with Crippen LogP contribution < -0.4 is 10.2 Å². The van der Waals surface area contributed by atoms with E-state index in [-0.39, 0.29) is 18.4 Å². The maximum absolute atomic E-state index is 11.4. The topological polar surface area (TPSA) is 89.9 Å². The van der Waals surface area contributed by atoms with Gasteiger partial charge < -0.3 is 9.47 Å². The summed E-state index contributed by atoms with van der Waals surface area (Å²) < 4.78 is 10.1. The molecule has 0 saturated heterocycles. The number of rotatable bonds is 7. The highest BCUT2D eigenvalue weighted by atomic mass is 32.1. The summed E-state index contributed by atoms with van der Waals surface area (Å²) in [5, 5.41) is 6.54. The zero-order chi connectivity index (χ0) is 19.1. The summed E-state index contributed by atoms with van der Waals surface area (Å²) in [5.41, 5.74) is 6.06. The number of ether oxygens (including phenoxy) is 2. The fourth-order valence-corrected chi connectivity index (χ4v) is 2.98. The van der Waals surface area contributed by atoms with Gasteiger partial charge in [-0.2, -0.15) is 5.10 Å². The highest BCUT2D eigenvalue weighted by Crippen LogP contribution is 2.24. The van der Waals surface area contributed by atoms with Crippen molar-refractivity contribution in [2.24, 2.45) is 5.10 Å². The van der Waals surface area contributed by atoms with E-state index in [2.05, 4.69) is 15.5 Å². The van der Waals surface area contributed by atoms with Gasteiger partial charge >= 0.3 is 11.9 Å². The first kappa shape index (κ1) is 19.6. The molecule has 2 aromatic rings. The van der Waals surface area contributed by atoms with Gasteiger partial charge in [-0.25, -0.2) is 4.98 Å². The van der Waals surface area contributed by atoms with Crippen molar-refractivity contribution >= 4 is 34.6 Å². The first-order chi connectivity index (χ1) is 12.4. The van der Waals surface area contributed by atoms with E-state index in [1.807, 2.05) is 26.0 Å². The second-order valence-corrected chi connectivity index (χ2v) is 6.43. The molecule has 1 aromatic heterocycles. The molecule has 0 aliphatic heterocycles. The van der Waals surface area contributed by atoms with Gasteiger partial charge in [0.05, 0.1) is 24.9 Å². The Balaban J connectivity index is 1.99. The van der Waals surface area contributed by atoms with Gasteiger partial charge in [-0.05, 0) is 49.6 Å². The number of hydrogen-bond acceptors (Lipinski definition) is 8. The molecule has 2 rings (SSSR count). The molecule has 7 nitrogen and oxygen atoms in total. The molecule has 0 radical (unpaired) electrons. The molecule has 0 unspecified atom stereocenters. The Labute approximate surface area is 156 Å². The Morgan fingerprint density at radius 1 is 1.31 bits per heavy atom. The number of carbonyl (C=O) groups is 2. The van der Waals surface area contributed by atoms with Gasteiger partial charge in [-0.1, -0.05) is 0 Å². The zero-order valence-corrected chi connectivity index (χ0v) is 16.0. The molecule has 1 heterocycles. The zero-order valence-electron chi connectivity index (χ0n) is 15.2. The van der Waals surface area contributed by atoms with Crippen LogP contribution in [0.1, 0.15) is 36.2 Å². The van der Waals surface area contributed by atoms with Crippen LogP contribution in [0.5, 0.6) is 5.75 Å². The van der Waals surface area contributed by atoms with Gasteiger partial charge in [0, 0.05) is 12.3 Å². The molecule has 1 aromatic carbocycles. The molecular formula is C18H21N3O4S. The summed E-state index contributed by atoms with van der Waals surface area (Å²) in [6, 6.07) is 3.76. The van der Waals surface area contributed by atoms with E-state index in [9.17, 15) is 9.59 Å². The van der Waals surface area contributed by atoms with Gasteiger partial charge in [-0.3, -0.25) is 15.0 Å². The second-order valence-electron chi connectivity index (χ2n) is 5.57. The third-order valence-electron chi connectivity index (χ3n) is 3.28. The van der Waals surface area contributed by atoms with Gasteiger partial charge in [0.25, 0.3) is 0 Å². The number of hydrogen-bond donors (Lipinski definition) is 1. The number of anilines is 1. The van der Waals surface area contributed by atoms with Crippen molar-refractivity contribution in [1.29, 1.82) is 0 Å². The number of hydrazone groups is 1. The van der Waals surface area contributed by atoms with E-state index in [4.69, 9.17) is 9.47 Å². The minimum atomic E-state index is -0.346. The van der Waals surface area contributed by atoms with E-state index < -0.39 is 0 Å². The predicted octanol–water partition coefficient (Wildman–Crippen LogP) is 3.24. The molecule has 0 atom stereocenters. The minimum absolute atomic E-state index is 0.145. The molecule has 138 valence electrons. The van der Waals surface area contributed by atoms with Gasteiger partial charge in [0.1, 0.15) is 5.75 Å². The molecule has 0 spiro atoms. The summed E-state index contributed by atoms with van der Waals surface area (Å²) >= 11 is 1.36. The molecular weight excluding hydrogens is 354 g/mol. The summed E-state index contributed by atoms with van der Waals surface area (Å²) in [7, 11) is 0. The third-order valence-corrected chi connectivity index (χ3v) is 4.08. The predicted molar refractivity (Wildman–Crippen MR) is 101 cm³/mol. The van der Waals surface area contributed by atoms with Crippen molar-refractivity contribution < 1.29 is 19.1 Å². The highest BCUT2D eigenvalue weighted by Gasteiger charge is 2.09. The van der Waals surface area contributed by atoms with Crippen LogP contribution in [0.15, 0.2) is 22.6 Å². The third kappa shape index (κ3) is 5.66. The van der Waals surface area contributed by atoms with Crippen molar-refractivity contribution in [1.82, 2.24) is 4.98 Å². The lowest BCUT2D eigenvalue weighted by Gasteiger charge is -2.09. The number of esters is 2. The molecule has 8 heteroatoms. The molecule has 1 N–H and O–H groups in total. The second kappa shape index (κ2) is 9.10. The monoisotopic (exact) mass is 375 g/mol. The lowest BCUT2D eigenvalue weighted by Crippen LogP contribution is -2.07. The summed E-state index contributed by atoms with van der Waals surface area (Å²) in [5.74, 6) is -0.0699. The van der Waals surface area contributed by atoms with Crippen molar-refractivity contribution in [3.63, 3.8) is 0 Å². The maximum atomic E-state index is 11.4. The molecule has 0 fully saturated rings. The molecule has 0 bridgehead atoms. The Hall–Kier alpha value is -2.74. The van der Waals surface area contributed by atoms with E-state index in [1.54, 1.807) is 18.5 Å². The fourth-order valence-electron chi connectivity index (χ4n) is 2.32. The van der Waals surface area contributed by atoms with E-state index >= 15 is 0 Å². The quantitative estimate of drug-likeness (QED) is 0.346. The fraction of sp³-hybridized carbons (Fsp3) is 0.333. The van der Waals surface area contributed by atoms with Crippen molar-refractivity contribution in [3.8, 4) is 5.75 Å². The Morgan fingerprint density at radius 3 is 2.62 bits per heavy atom. The minimum Gasteiger partial charge on any atom is -0.466 e. The van der Waals surface area contributed by atoms with Gasteiger partial charge in [0.2, 0.25) is 5.13 Å². The molecule has 0 aliphatic carbocycles. The SMILES string of the molecule is CCOC(=O)Cc1csc(NN=Cc2cc(C)c(OC(C)=O)c(C)c2)n1. The van der Waals surface area contributed by atoms with E-state index in [1.165, 1.54) is 18.3 Å². The van der Waals surface area contributed by atoms with E-state index in [0.717, 1.165) is 16.7 Å². The molecule has 0 aliphatic rings. The van der Waals surface area contributed by atoms with Crippen LogP contribution in [0.3, 0.4) is 0 Å². The summed E-state index contributed by atoms with van der Waals surface area (Å²) in [4.78, 5) is 26.9. The summed E-state index contributed by atoms with van der Waals surface area (Å²) in [6.45, 7) is 7.25. The maximum Gasteiger partial charge on any atom is 0.311 e. The van der Waals surface area contributed by atoms with Crippen molar-refractivity contribution in [2.45, 2.75) is 34.1 Å². The lowest BCUT2D eigenvalue weighted by atomic mass is 10.1. The highest BCUT2D eigenvalue weighted by molar-refractivity contribution is 7.13. The number of aryl methyl sites for hydroxylation is 2. The number of nitrogens with zero attached hydrogens (tertiary/aromatic N) is 2. The van der Waals surface area contributed by atoms with Gasteiger partial charge in [-0.15, -0.1) is 11.3 Å². The molecule has 26 heavy (non-hydrogen) atoms. The number of carbonyl (C=O) groups excluding carboxylic acids is 2. The van der Waals surface area contributed by atoms with Crippen LogP contribution in [0.2, 0.25) is 0 Å². The van der Waals surface area contributed by atoms with Crippen LogP contribution in [0, 0.1) is 13.8 Å². The summed E-state index contributed by atoms with van der Waals surface area (Å²) in [6.07, 6.45) is 1.80. The van der Waals surface area contributed by atoms with Crippen LogP contribution in [-0.4, -0.2) is 29.7 Å². The van der Waals surface area contributed by atoms with Crippen LogP contribution in [0.25, 0.3) is 0 Å². The number of nitrogens with one attached hydrogen (secondary N) is 1. The Morgan fingerprint density at radius 2 is 2.00 bits per heavy atom. The average molecular weight is 375 g/mol. The van der Waals surface area contributed by atoms with Crippen LogP contribution in [-0.2, 0) is 20.7 Å². The number of thiazole rings is 1. The van der Waals surface area contributed by atoms with Crippen LogP contribution >= 0.6 is 11.3 Å². The molecule has 0 saturated carbocycles. The molecule has 0 amide bonds. The largest absolute Gasteiger partial charge is 0.466 e. The number of aromatic nitrogens is 1. The van der Waals surface area contributed by atoms with Gasteiger partial charge in [0.15, 0.2) is 0 Å². The Bertz CT molecular complexity index is 807. The van der Waals surface area contributed by atoms with E-state index in [0.29, 0.717) is 23.2 Å². The van der Waals surface area contributed by atoms with Crippen LogP contribution in [0.4, 0.5) is 5.13 Å². The van der Waals surface area contributed by atoms with Crippen molar-refractivity contribution in [2.75, 3.05) is 12.0 Å². The number of benzene rings is 1. The Kier molecular flexibility index (Phi) is 6.85. The normalized spacial score (nSPS) is 10.8. The lowest BCUT2D eigenvalue weighted by molar-refractivity contribution is -0.142. The standard InChI is InChI=1S/C18H21N3O4S/c1-5-24-16(23)8-15-10-26-18(20-15)21-19-9-14-6-11(2)17(12(3)7-14)25-13(4)22/h6-7,9-10H,5,8H2,1-4H3,(H,20,21). The first-order valence-corrected chi connectivity index (χ1v) is 8.95. The first-order valence-electron chi connectivity index (χ1n) is 8.07. The smallest absolute Gasteiger partial charge is 0.311 e. The average Bonchev–Trinajstić information content (AvgIpc) is 2.98.